The third kappa shape index (κ3) is 5.49. The maximum atomic E-state index is 12.6. The molecule has 0 bridgehead atoms. The molecule has 2 aromatic carbocycles. The lowest BCUT2D eigenvalue weighted by Gasteiger charge is -2.18. The number of anilines is 1. The maximum Gasteiger partial charge on any atom is 0.265 e. The van der Waals surface area contributed by atoms with Crippen molar-refractivity contribution in [3.05, 3.63) is 59.1 Å². The van der Waals surface area contributed by atoms with Crippen molar-refractivity contribution in [3.8, 4) is 5.75 Å². The number of carbonyl (C=O) groups excluding carboxylic acids is 2. The minimum Gasteiger partial charge on any atom is -0.481 e. The summed E-state index contributed by atoms with van der Waals surface area (Å²) < 4.78 is 5.75. The summed E-state index contributed by atoms with van der Waals surface area (Å²) in [4.78, 5) is 24.9. The van der Waals surface area contributed by atoms with Gasteiger partial charge in [-0.2, -0.15) is 0 Å². The predicted octanol–water partition coefficient (Wildman–Crippen LogP) is 4.28. The zero-order chi connectivity index (χ0) is 18.9. The van der Waals surface area contributed by atoms with E-state index in [1.165, 1.54) is 0 Å². The fraction of sp³-hybridized carbons (Fsp3) is 0.300. The van der Waals surface area contributed by atoms with Gasteiger partial charge >= 0.3 is 0 Å². The van der Waals surface area contributed by atoms with Gasteiger partial charge in [-0.1, -0.05) is 37.6 Å². The summed E-state index contributed by atoms with van der Waals surface area (Å²) in [7, 11) is 0. The number of carbonyl (C=O) groups is 2. The molecule has 0 aliphatic heterocycles. The van der Waals surface area contributed by atoms with Gasteiger partial charge in [-0.25, -0.2) is 0 Å². The molecule has 0 aliphatic rings. The van der Waals surface area contributed by atoms with Crippen molar-refractivity contribution in [2.75, 3.05) is 11.9 Å². The maximum absolute atomic E-state index is 12.6. The second kappa shape index (κ2) is 9.82. The molecule has 0 fully saturated rings. The SMILES string of the molecule is CCCNC(=O)c1ccccc1NC(=O)[C@H](CC)Oc1ccc(Cl)cc1. The summed E-state index contributed by atoms with van der Waals surface area (Å²) in [6.07, 6.45) is 0.647. The topological polar surface area (TPSA) is 67.4 Å². The van der Waals surface area contributed by atoms with Crippen LogP contribution in [0.1, 0.15) is 37.0 Å². The largest absolute Gasteiger partial charge is 0.481 e. The summed E-state index contributed by atoms with van der Waals surface area (Å²) in [5.41, 5.74) is 0.889. The number of hydrogen-bond acceptors (Lipinski definition) is 3. The third-order valence-corrected chi connectivity index (χ3v) is 3.97. The second-order valence-electron chi connectivity index (χ2n) is 5.76. The minimum absolute atomic E-state index is 0.214. The van der Waals surface area contributed by atoms with Crippen molar-refractivity contribution in [2.24, 2.45) is 0 Å². The Hall–Kier alpha value is -2.53. The van der Waals surface area contributed by atoms with E-state index in [4.69, 9.17) is 16.3 Å². The molecule has 2 amide bonds. The van der Waals surface area contributed by atoms with Crippen LogP contribution in [0, 0.1) is 0 Å². The van der Waals surface area contributed by atoms with Gasteiger partial charge in [-0.05, 0) is 49.2 Å². The van der Waals surface area contributed by atoms with Crippen LogP contribution in [0.15, 0.2) is 48.5 Å². The minimum atomic E-state index is -0.678. The van der Waals surface area contributed by atoms with Crippen molar-refractivity contribution < 1.29 is 14.3 Å². The predicted molar refractivity (Wildman–Crippen MR) is 104 cm³/mol. The van der Waals surface area contributed by atoms with Gasteiger partial charge < -0.3 is 15.4 Å². The Morgan fingerprint density at radius 3 is 2.42 bits per heavy atom. The van der Waals surface area contributed by atoms with Crippen LogP contribution < -0.4 is 15.4 Å². The fourth-order valence-corrected chi connectivity index (χ4v) is 2.46. The Labute approximate surface area is 158 Å². The summed E-state index contributed by atoms with van der Waals surface area (Å²) in [5.74, 6) is 0.0398. The molecule has 0 aromatic heterocycles. The Kier molecular flexibility index (Phi) is 7.48. The zero-order valence-electron chi connectivity index (χ0n) is 14.9. The molecule has 2 aromatic rings. The van der Waals surface area contributed by atoms with Crippen LogP contribution >= 0.6 is 11.6 Å². The number of benzene rings is 2. The average molecular weight is 375 g/mol. The zero-order valence-corrected chi connectivity index (χ0v) is 15.7. The molecular weight excluding hydrogens is 352 g/mol. The van der Waals surface area contributed by atoms with Crippen LogP contribution in [0.5, 0.6) is 5.75 Å². The second-order valence-corrected chi connectivity index (χ2v) is 6.20. The number of hydrogen-bond donors (Lipinski definition) is 2. The molecule has 6 heteroatoms. The monoisotopic (exact) mass is 374 g/mol. The van der Waals surface area contributed by atoms with E-state index in [1.54, 1.807) is 48.5 Å². The molecule has 0 saturated carbocycles. The highest BCUT2D eigenvalue weighted by Gasteiger charge is 2.20. The van der Waals surface area contributed by atoms with E-state index in [0.717, 1.165) is 6.42 Å². The molecular formula is C20H23ClN2O3. The molecule has 0 saturated heterocycles. The lowest BCUT2D eigenvalue weighted by atomic mass is 10.1. The first-order chi connectivity index (χ1) is 12.5. The first kappa shape index (κ1) is 19.8. The van der Waals surface area contributed by atoms with Crippen LogP contribution in [0.3, 0.4) is 0 Å². The van der Waals surface area contributed by atoms with Gasteiger partial charge in [0, 0.05) is 11.6 Å². The van der Waals surface area contributed by atoms with Crippen molar-refractivity contribution in [2.45, 2.75) is 32.8 Å². The van der Waals surface area contributed by atoms with Crippen LogP contribution in [0.25, 0.3) is 0 Å². The number of halogens is 1. The molecule has 0 aliphatic carbocycles. The van der Waals surface area contributed by atoms with Crippen LogP contribution in [0.2, 0.25) is 5.02 Å². The lowest BCUT2D eigenvalue weighted by Crippen LogP contribution is -2.33. The Morgan fingerprint density at radius 2 is 1.77 bits per heavy atom. The molecule has 1 atom stereocenters. The first-order valence-electron chi connectivity index (χ1n) is 8.65. The van der Waals surface area contributed by atoms with Crippen molar-refractivity contribution >= 4 is 29.1 Å². The van der Waals surface area contributed by atoms with Crippen molar-refractivity contribution in [1.29, 1.82) is 0 Å². The highest BCUT2D eigenvalue weighted by atomic mass is 35.5. The standard InChI is InChI=1S/C20H23ClN2O3/c1-3-13-22-19(24)16-7-5-6-8-17(16)23-20(25)18(4-2)26-15-11-9-14(21)10-12-15/h5-12,18H,3-4,13H2,1-2H3,(H,22,24)(H,23,25)/t18-/m0/s1. The number of nitrogens with one attached hydrogen (secondary N) is 2. The van der Waals surface area contributed by atoms with Gasteiger partial charge in [0.15, 0.2) is 6.10 Å². The van der Waals surface area contributed by atoms with E-state index in [-0.39, 0.29) is 11.8 Å². The number of para-hydroxylation sites is 1. The Bertz CT molecular complexity index is 747. The van der Waals surface area contributed by atoms with Gasteiger partial charge in [0.25, 0.3) is 11.8 Å². The summed E-state index contributed by atoms with van der Waals surface area (Å²) in [5, 5.41) is 6.22. The molecule has 2 rings (SSSR count). The van der Waals surface area contributed by atoms with Crippen LogP contribution in [-0.4, -0.2) is 24.5 Å². The van der Waals surface area contributed by atoms with Gasteiger partial charge in [0.05, 0.1) is 11.3 Å². The summed E-state index contributed by atoms with van der Waals surface area (Å²) in [6, 6.07) is 13.7. The molecule has 138 valence electrons. The number of amides is 2. The fourth-order valence-electron chi connectivity index (χ4n) is 2.34. The van der Waals surface area contributed by atoms with E-state index in [0.29, 0.717) is 35.0 Å². The summed E-state index contributed by atoms with van der Waals surface area (Å²) in [6.45, 7) is 4.42. The number of rotatable bonds is 8. The molecule has 0 heterocycles. The van der Waals surface area contributed by atoms with Gasteiger partial charge in [0.2, 0.25) is 0 Å². The average Bonchev–Trinajstić information content (AvgIpc) is 2.66. The molecule has 0 radical (unpaired) electrons. The van der Waals surface area contributed by atoms with E-state index in [1.807, 2.05) is 13.8 Å². The Balaban J connectivity index is 2.09. The summed E-state index contributed by atoms with van der Waals surface area (Å²) >= 11 is 5.86. The third-order valence-electron chi connectivity index (χ3n) is 3.72. The van der Waals surface area contributed by atoms with Crippen molar-refractivity contribution in [3.63, 3.8) is 0 Å². The molecule has 0 unspecified atom stereocenters. The van der Waals surface area contributed by atoms with Gasteiger partial charge in [-0.3, -0.25) is 9.59 Å². The van der Waals surface area contributed by atoms with Crippen molar-refractivity contribution in [1.82, 2.24) is 5.32 Å². The highest BCUT2D eigenvalue weighted by Crippen LogP contribution is 2.20. The number of ether oxygens (including phenoxy) is 1. The first-order valence-corrected chi connectivity index (χ1v) is 9.03. The van der Waals surface area contributed by atoms with E-state index in [9.17, 15) is 9.59 Å². The smallest absolute Gasteiger partial charge is 0.265 e. The molecule has 26 heavy (non-hydrogen) atoms. The van der Waals surface area contributed by atoms with Crippen LogP contribution in [-0.2, 0) is 4.79 Å². The normalized spacial score (nSPS) is 11.5. The molecule has 2 N–H and O–H groups in total. The molecule has 5 nitrogen and oxygen atoms in total. The van der Waals surface area contributed by atoms with Gasteiger partial charge in [-0.15, -0.1) is 0 Å². The van der Waals surface area contributed by atoms with E-state index < -0.39 is 6.10 Å². The van der Waals surface area contributed by atoms with E-state index in [2.05, 4.69) is 10.6 Å². The Morgan fingerprint density at radius 1 is 1.08 bits per heavy atom. The van der Waals surface area contributed by atoms with Gasteiger partial charge in [0.1, 0.15) is 5.75 Å². The van der Waals surface area contributed by atoms with Crippen LogP contribution in [0.4, 0.5) is 5.69 Å². The quantitative estimate of drug-likeness (QED) is 0.724. The van der Waals surface area contributed by atoms with E-state index >= 15 is 0 Å². The molecule has 0 spiro atoms. The highest BCUT2D eigenvalue weighted by molar-refractivity contribution is 6.30. The lowest BCUT2D eigenvalue weighted by molar-refractivity contribution is -0.122.